The van der Waals surface area contributed by atoms with E-state index in [-0.39, 0.29) is 29.9 Å². The summed E-state index contributed by atoms with van der Waals surface area (Å²) in [5, 5.41) is 10.7. The van der Waals surface area contributed by atoms with Crippen molar-refractivity contribution in [3.8, 4) is 5.88 Å². The molecule has 2 aliphatic rings. The van der Waals surface area contributed by atoms with Gasteiger partial charge in [0.15, 0.2) is 6.61 Å². The van der Waals surface area contributed by atoms with Crippen LogP contribution in [0.25, 0.3) is 0 Å². The van der Waals surface area contributed by atoms with Gasteiger partial charge in [0.1, 0.15) is 0 Å². The van der Waals surface area contributed by atoms with Crippen LogP contribution in [-0.4, -0.2) is 70.4 Å². The first kappa shape index (κ1) is 21.6. The van der Waals surface area contributed by atoms with E-state index in [2.05, 4.69) is 26.8 Å². The second-order valence-corrected chi connectivity index (χ2v) is 7.95. The zero-order valence-electron chi connectivity index (χ0n) is 16.9. The molecule has 4 rings (SSSR count). The Kier molecular flexibility index (Phi) is 6.15. The smallest absolute Gasteiger partial charge is 0.422 e. The van der Waals surface area contributed by atoms with Crippen molar-refractivity contribution in [3.05, 3.63) is 59.3 Å². The van der Waals surface area contributed by atoms with E-state index in [1.807, 2.05) is 12.1 Å². The molecule has 0 saturated carbocycles. The molecular weight excluding hydrogens is 411 g/mol. The summed E-state index contributed by atoms with van der Waals surface area (Å²) < 4.78 is 41.2. The molecule has 3 heterocycles. The molecule has 1 amide bonds. The molecule has 0 unspecified atom stereocenters. The van der Waals surface area contributed by atoms with Crippen LogP contribution < -0.4 is 4.74 Å². The number of likely N-dealkylation sites (tertiary alicyclic amines) is 1. The lowest BCUT2D eigenvalue weighted by Crippen LogP contribution is -2.56. The summed E-state index contributed by atoms with van der Waals surface area (Å²) in [5.74, 6) is -0.505. The summed E-state index contributed by atoms with van der Waals surface area (Å²) >= 11 is 0. The lowest BCUT2D eigenvalue weighted by Gasteiger charge is -2.43. The molecule has 1 N–H and O–H groups in total. The number of nitrogens with zero attached hydrogens (tertiary/aromatic N) is 3. The maximum absolute atomic E-state index is 12.8. The number of β-amino-alcohol motifs (C(OH)–C–C–N with tert-alkyl or cyclic N) is 1. The fraction of sp³-hybridized carbons (Fsp3) is 0.455. The summed E-state index contributed by atoms with van der Waals surface area (Å²) in [6.45, 7) is 0.915. The maximum atomic E-state index is 12.8. The van der Waals surface area contributed by atoms with E-state index in [0.29, 0.717) is 13.0 Å². The van der Waals surface area contributed by atoms with Crippen molar-refractivity contribution in [3.63, 3.8) is 0 Å². The Morgan fingerprint density at radius 3 is 2.61 bits per heavy atom. The number of carbonyl (C=O) groups excluding carboxylic acids is 1. The molecule has 2 aromatic rings. The molecule has 9 heteroatoms. The topological polar surface area (TPSA) is 65.9 Å². The molecule has 1 aromatic carbocycles. The number of benzene rings is 1. The van der Waals surface area contributed by atoms with E-state index in [1.54, 1.807) is 4.90 Å². The van der Waals surface area contributed by atoms with Gasteiger partial charge >= 0.3 is 6.18 Å². The zero-order chi connectivity index (χ0) is 22.0. The van der Waals surface area contributed by atoms with Crippen molar-refractivity contribution in [2.45, 2.75) is 37.7 Å². The number of carbonyl (C=O) groups is 1. The highest BCUT2D eigenvalue weighted by atomic mass is 19.4. The third-order valence-corrected chi connectivity index (χ3v) is 5.83. The van der Waals surface area contributed by atoms with Gasteiger partial charge in [-0.3, -0.25) is 9.69 Å². The predicted molar refractivity (Wildman–Crippen MR) is 107 cm³/mol. The van der Waals surface area contributed by atoms with Crippen LogP contribution in [0.5, 0.6) is 5.88 Å². The van der Waals surface area contributed by atoms with Gasteiger partial charge in [-0.15, -0.1) is 0 Å². The summed E-state index contributed by atoms with van der Waals surface area (Å²) in [7, 11) is 0. The van der Waals surface area contributed by atoms with Crippen LogP contribution in [0.1, 0.15) is 27.9 Å². The van der Waals surface area contributed by atoms with Crippen molar-refractivity contribution in [1.29, 1.82) is 0 Å². The van der Waals surface area contributed by atoms with Crippen LogP contribution in [0.3, 0.4) is 0 Å². The number of amides is 1. The van der Waals surface area contributed by atoms with Gasteiger partial charge < -0.3 is 14.7 Å². The Morgan fingerprint density at radius 2 is 1.94 bits per heavy atom. The lowest BCUT2D eigenvalue weighted by molar-refractivity contribution is -0.154. The fourth-order valence-corrected chi connectivity index (χ4v) is 4.26. The van der Waals surface area contributed by atoms with Crippen LogP contribution in [0, 0.1) is 0 Å². The highest BCUT2D eigenvalue weighted by Crippen LogP contribution is 2.26. The Morgan fingerprint density at radius 1 is 1.16 bits per heavy atom. The van der Waals surface area contributed by atoms with Crippen molar-refractivity contribution in [2.24, 2.45) is 0 Å². The second kappa shape index (κ2) is 8.84. The first-order valence-corrected chi connectivity index (χ1v) is 10.2. The molecular formula is C22H24F3N3O3. The molecule has 1 aromatic heterocycles. The Labute approximate surface area is 178 Å². The van der Waals surface area contributed by atoms with Gasteiger partial charge in [0, 0.05) is 44.5 Å². The Balaban J connectivity index is 1.34. The van der Waals surface area contributed by atoms with Crippen molar-refractivity contribution >= 4 is 5.91 Å². The van der Waals surface area contributed by atoms with Gasteiger partial charge in [-0.25, -0.2) is 4.98 Å². The largest absolute Gasteiger partial charge is 0.468 e. The molecule has 0 radical (unpaired) electrons. The first-order valence-electron chi connectivity index (χ1n) is 10.2. The van der Waals surface area contributed by atoms with E-state index < -0.39 is 18.9 Å². The summed E-state index contributed by atoms with van der Waals surface area (Å²) in [4.78, 5) is 20.4. The molecule has 31 heavy (non-hydrogen) atoms. The third kappa shape index (κ3) is 5.16. The van der Waals surface area contributed by atoms with Crippen molar-refractivity contribution in [1.82, 2.24) is 14.8 Å². The molecule has 166 valence electrons. The van der Waals surface area contributed by atoms with Gasteiger partial charge in [-0.1, -0.05) is 24.3 Å². The van der Waals surface area contributed by atoms with Gasteiger partial charge in [0.25, 0.3) is 5.91 Å². The minimum Gasteiger partial charge on any atom is -0.468 e. The van der Waals surface area contributed by atoms with E-state index in [4.69, 9.17) is 0 Å². The van der Waals surface area contributed by atoms with Crippen LogP contribution >= 0.6 is 0 Å². The van der Waals surface area contributed by atoms with Gasteiger partial charge in [0.05, 0.1) is 11.7 Å². The van der Waals surface area contributed by atoms with Crippen molar-refractivity contribution in [2.75, 3.05) is 26.2 Å². The molecule has 2 aliphatic heterocycles. The molecule has 1 fully saturated rings. The third-order valence-electron chi connectivity index (χ3n) is 5.83. The number of aliphatic hydroxyl groups excluding tert-OH is 1. The summed E-state index contributed by atoms with van der Waals surface area (Å²) in [6, 6.07) is 10.9. The van der Waals surface area contributed by atoms with Crippen LogP contribution in [-0.2, 0) is 13.0 Å². The van der Waals surface area contributed by atoms with Crippen LogP contribution in [0.2, 0.25) is 0 Å². The average molecular weight is 435 g/mol. The SMILES string of the molecule is O=C(c1ccc(OCC(F)(F)F)nc1)N1CC[C@H](N2CCc3ccccc3C2)[C@@H](O)C1. The number of hydrogen-bond acceptors (Lipinski definition) is 5. The number of halogens is 3. The first-order chi connectivity index (χ1) is 14.8. The van der Waals surface area contributed by atoms with Crippen LogP contribution in [0.15, 0.2) is 42.6 Å². The number of pyridine rings is 1. The molecule has 1 saturated heterocycles. The minimum absolute atomic E-state index is 0.0197. The number of aromatic nitrogens is 1. The summed E-state index contributed by atoms with van der Waals surface area (Å²) in [6.07, 6.45) is -2.34. The zero-order valence-corrected chi connectivity index (χ0v) is 16.9. The molecule has 0 spiro atoms. The predicted octanol–water partition coefficient (Wildman–Crippen LogP) is 2.66. The van der Waals surface area contributed by atoms with E-state index in [9.17, 15) is 23.1 Å². The maximum Gasteiger partial charge on any atom is 0.422 e. The highest BCUT2D eigenvalue weighted by molar-refractivity contribution is 5.94. The average Bonchev–Trinajstić information content (AvgIpc) is 2.76. The minimum atomic E-state index is -4.45. The molecule has 0 aliphatic carbocycles. The van der Waals surface area contributed by atoms with Crippen molar-refractivity contribution < 1.29 is 27.8 Å². The van der Waals surface area contributed by atoms with Gasteiger partial charge in [-0.05, 0) is 30.0 Å². The second-order valence-electron chi connectivity index (χ2n) is 7.95. The monoisotopic (exact) mass is 435 g/mol. The molecule has 0 bridgehead atoms. The van der Waals surface area contributed by atoms with Gasteiger partial charge in [-0.2, -0.15) is 13.2 Å². The standard InChI is InChI=1S/C22H24F3N3O3/c23-22(24,25)14-31-20-6-5-16(11-26-20)21(30)28-10-8-18(19(29)13-28)27-9-7-15-3-1-2-4-17(15)12-27/h1-6,11,18-19,29H,7-10,12-14H2/t18-,19-/m0/s1. The fourth-order valence-electron chi connectivity index (χ4n) is 4.26. The number of fused-ring (bicyclic) bond motifs is 1. The lowest BCUT2D eigenvalue weighted by atomic mass is 9.94. The number of rotatable bonds is 4. The normalized spacial score (nSPS) is 22.1. The summed E-state index contributed by atoms with van der Waals surface area (Å²) in [5.41, 5.74) is 2.87. The highest BCUT2D eigenvalue weighted by Gasteiger charge is 2.35. The Bertz CT molecular complexity index is 920. The quantitative estimate of drug-likeness (QED) is 0.800. The number of hydrogen-bond donors (Lipinski definition) is 1. The Hall–Kier alpha value is -2.65. The number of alkyl halides is 3. The van der Waals surface area contributed by atoms with Gasteiger partial charge in [0.2, 0.25) is 5.88 Å². The van der Waals surface area contributed by atoms with E-state index >= 15 is 0 Å². The van der Waals surface area contributed by atoms with Crippen LogP contribution in [0.4, 0.5) is 13.2 Å². The van der Waals surface area contributed by atoms with E-state index in [0.717, 1.165) is 19.5 Å². The van der Waals surface area contributed by atoms with E-state index in [1.165, 1.54) is 29.5 Å². The number of aliphatic hydroxyl groups is 1. The number of piperidine rings is 1. The molecule has 2 atom stereocenters. The molecule has 6 nitrogen and oxygen atoms in total. The number of ether oxygens (including phenoxy) is 1.